The van der Waals surface area contributed by atoms with Crippen LogP contribution in [-0.2, 0) is 4.79 Å². The van der Waals surface area contributed by atoms with Crippen molar-refractivity contribution in [1.82, 2.24) is 16.2 Å². The van der Waals surface area contributed by atoms with Crippen molar-refractivity contribution in [3.63, 3.8) is 0 Å². The van der Waals surface area contributed by atoms with E-state index >= 15 is 0 Å². The Kier molecular flexibility index (Phi) is 1.66. The van der Waals surface area contributed by atoms with Crippen molar-refractivity contribution in [3.8, 4) is 0 Å². The summed E-state index contributed by atoms with van der Waals surface area (Å²) in [5.74, 6) is 0.509. The number of hydrogen-bond acceptors (Lipinski definition) is 4. The lowest BCUT2D eigenvalue weighted by atomic mass is 10.1. The minimum absolute atomic E-state index is 0.0297. The number of carbonyl (C=O) groups excluding carboxylic acids is 1. The number of hydrogen-bond donors (Lipinski definition) is 4. The quantitative estimate of drug-likeness (QED) is 0.521. The average Bonchev–Trinajstić information content (AvgIpc) is 3.18. The van der Waals surface area contributed by atoms with Crippen molar-refractivity contribution in [1.29, 1.82) is 0 Å². The minimum atomic E-state index is -0.348. The second kappa shape index (κ2) is 2.91. The van der Waals surface area contributed by atoms with E-state index in [1.165, 1.54) is 12.0 Å². The highest BCUT2D eigenvalue weighted by atomic mass is 16.3. The summed E-state index contributed by atoms with van der Waals surface area (Å²) >= 11 is 0. The van der Waals surface area contributed by atoms with Crippen molar-refractivity contribution in [2.75, 3.05) is 6.61 Å². The Labute approximate surface area is 98.9 Å². The average molecular weight is 233 g/mol. The van der Waals surface area contributed by atoms with Gasteiger partial charge in [0.15, 0.2) is 0 Å². The molecule has 5 nitrogen and oxygen atoms in total. The third-order valence-corrected chi connectivity index (χ3v) is 4.25. The molecule has 4 N–H and O–H groups in total. The van der Waals surface area contributed by atoms with E-state index in [4.69, 9.17) is 0 Å². The Morgan fingerprint density at radius 1 is 1.59 bits per heavy atom. The topological polar surface area (TPSA) is 73.4 Å². The molecule has 90 valence electrons. The lowest BCUT2D eigenvalue weighted by molar-refractivity contribution is -0.119. The van der Waals surface area contributed by atoms with Gasteiger partial charge in [-0.15, -0.1) is 0 Å². The number of hydrazine groups is 1. The SMILES string of the molecule is O=C(NC1(CO)CC1)C1=C2C=C3CC3C2NN1. The highest BCUT2D eigenvalue weighted by Gasteiger charge is 2.49. The number of amides is 1. The molecule has 0 bridgehead atoms. The van der Waals surface area contributed by atoms with E-state index in [1.807, 2.05) is 0 Å². The van der Waals surface area contributed by atoms with Crippen LogP contribution < -0.4 is 16.2 Å². The second-order valence-electron chi connectivity index (χ2n) is 5.50. The Balaban J connectivity index is 1.57. The molecule has 0 aromatic rings. The first kappa shape index (κ1) is 9.67. The number of nitrogens with one attached hydrogen (secondary N) is 3. The zero-order valence-corrected chi connectivity index (χ0v) is 9.42. The number of fused-ring (bicyclic) bond motifs is 3. The maximum atomic E-state index is 12.1. The largest absolute Gasteiger partial charge is 0.394 e. The molecular weight excluding hydrogens is 218 g/mol. The molecule has 0 aromatic heterocycles. The molecule has 17 heavy (non-hydrogen) atoms. The molecule has 2 fully saturated rings. The Morgan fingerprint density at radius 3 is 3.12 bits per heavy atom. The van der Waals surface area contributed by atoms with Gasteiger partial charge in [-0.25, -0.2) is 5.43 Å². The predicted molar refractivity (Wildman–Crippen MR) is 60.5 cm³/mol. The highest BCUT2D eigenvalue weighted by Crippen LogP contribution is 2.50. The minimum Gasteiger partial charge on any atom is -0.394 e. The highest BCUT2D eigenvalue weighted by molar-refractivity contribution is 5.96. The molecule has 1 amide bonds. The van der Waals surface area contributed by atoms with Crippen LogP contribution in [0.2, 0.25) is 0 Å². The number of aliphatic hydroxyl groups excluding tert-OH is 1. The summed E-state index contributed by atoms with van der Waals surface area (Å²) < 4.78 is 0. The lowest BCUT2D eigenvalue weighted by Crippen LogP contribution is -2.43. The normalized spacial score (nSPS) is 34.8. The maximum absolute atomic E-state index is 12.1. The molecule has 3 aliphatic carbocycles. The molecule has 5 heteroatoms. The monoisotopic (exact) mass is 233 g/mol. The summed E-state index contributed by atoms with van der Waals surface area (Å²) in [6, 6.07) is 0.287. The van der Waals surface area contributed by atoms with E-state index in [0.29, 0.717) is 11.6 Å². The van der Waals surface area contributed by atoms with Crippen LogP contribution >= 0.6 is 0 Å². The van der Waals surface area contributed by atoms with Gasteiger partial charge >= 0.3 is 0 Å². The van der Waals surface area contributed by atoms with Crippen molar-refractivity contribution in [3.05, 3.63) is 22.9 Å². The van der Waals surface area contributed by atoms with Crippen LogP contribution in [0.3, 0.4) is 0 Å². The Bertz CT molecular complexity index is 476. The van der Waals surface area contributed by atoms with E-state index in [2.05, 4.69) is 22.2 Å². The van der Waals surface area contributed by atoms with Gasteiger partial charge in [-0.05, 0) is 19.3 Å². The zero-order valence-electron chi connectivity index (χ0n) is 9.42. The van der Waals surface area contributed by atoms with Crippen LogP contribution in [0, 0.1) is 5.92 Å². The molecule has 1 aliphatic heterocycles. The molecule has 2 saturated carbocycles. The van der Waals surface area contributed by atoms with Crippen LogP contribution in [0.25, 0.3) is 0 Å². The Hall–Kier alpha value is -1.33. The van der Waals surface area contributed by atoms with Gasteiger partial charge in [0.05, 0.1) is 18.2 Å². The first-order valence-corrected chi connectivity index (χ1v) is 6.12. The summed E-state index contributed by atoms with van der Waals surface area (Å²) in [5.41, 5.74) is 8.97. The summed E-state index contributed by atoms with van der Waals surface area (Å²) in [6.07, 6.45) is 5.05. The predicted octanol–water partition coefficient (Wildman–Crippen LogP) is -0.682. The van der Waals surface area contributed by atoms with Crippen LogP contribution in [0.1, 0.15) is 19.3 Å². The van der Waals surface area contributed by atoms with Crippen molar-refractivity contribution in [2.24, 2.45) is 5.92 Å². The van der Waals surface area contributed by atoms with Gasteiger partial charge in [-0.3, -0.25) is 4.79 Å². The molecule has 2 atom stereocenters. The maximum Gasteiger partial charge on any atom is 0.269 e. The van der Waals surface area contributed by atoms with E-state index in [-0.39, 0.29) is 24.1 Å². The van der Waals surface area contributed by atoms with Crippen LogP contribution in [0.15, 0.2) is 22.9 Å². The first-order chi connectivity index (χ1) is 8.22. The molecule has 0 aromatic carbocycles. The van der Waals surface area contributed by atoms with Crippen molar-refractivity contribution < 1.29 is 9.90 Å². The van der Waals surface area contributed by atoms with E-state index in [9.17, 15) is 9.90 Å². The third-order valence-electron chi connectivity index (χ3n) is 4.25. The molecule has 0 spiro atoms. The summed E-state index contributed by atoms with van der Waals surface area (Å²) in [4.78, 5) is 12.1. The van der Waals surface area contributed by atoms with Gasteiger partial charge in [-0.2, -0.15) is 0 Å². The molecule has 1 heterocycles. The summed E-state index contributed by atoms with van der Waals surface area (Å²) in [7, 11) is 0. The molecule has 0 radical (unpaired) electrons. The summed E-state index contributed by atoms with van der Waals surface area (Å²) in [6.45, 7) is 0.0297. The van der Waals surface area contributed by atoms with Gasteiger partial charge in [0.2, 0.25) is 0 Å². The van der Waals surface area contributed by atoms with Crippen molar-refractivity contribution >= 4 is 5.91 Å². The van der Waals surface area contributed by atoms with Gasteiger partial charge in [0, 0.05) is 11.5 Å². The fourth-order valence-electron chi connectivity index (χ4n) is 2.79. The van der Waals surface area contributed by atoms with Gasteiger partial charge < -0.3 is 15.8 Å². The van der Waals surface area contributed by atoms with E-state index < -0.39 is 0 Å². The molecule has 4 aliphatic rings. The van der Waals surface area contributed by atoms with Crippen LogP contribution in [0.4, 0.5) is 0 Å². The Morgan fingerprint density at radius 2 is 2.41 bits per heavy atom. The third kappa shape index (κ3) is 1.29. The number of carbonyl (C=O) groups is 1. The second-order valence-corrected chi connectivity index (χ2v) is 5.50. The zero-order chi connectivity index (χ0) is 11.6. The fraction of sp³-hybridized carbons (Fsp3) is 0.583. The van der Waals surface area contributed by atoms with E-state index in [0.717, 1.165) is 18.4 Å². The summed E-state index contributed by atoms with van der Waals surface area (Å²) in [5, 5.41) is 12.1. The smallest absolute Gasteiger partial charge is 0.269 e. The molecule has 2 unspecified atom stereocenters. The molecule has 0 saturated heterocycles. The van der Waals surface area contributed by atoms with Gasteiger partial charge in [-0.1, -0.05) is 11.6 Å². The number of rotatable bonds is 3. The van der Waals surface area contributed by atoms with Crippen LogP contribution in [-0.4, -0.2) is 29.2 Å². The van der Waals surface area contributed by atoms with E-state index in [1.54, 1.807) is 0 Å². The molecular formula is C12H15N3O2. The standard InChI is InChI=1S/C12H15N3O2/c16-5-12(1-2-12)13-11(17)10-8-4-6-3-7(6)9(8)14-15-10/h4,7,9,14-16H,1-3,5H2,(H,13,17). The lowest BCUT2D eigenvalue weighted by Gasteiger charge is -2.15. The van der Waals surface area contributed by atoms with Gasteiger partial charge in [0.25, 0.3) is 5.91 Å². The number of aliphatic hydroxyl groups is 1. The molecule has 4 rings (SSSR count). The first-order valence-electron chi connectivity index (χ1n) is 6.12. The fourth-order valence-corrected chi connectivity index (χ4v) is 2.79. The van der Waals surface area contributed by atoms with Crippen LogP contribution in [0.5, 0.6) is 0 Å². The van der Waals surface area contributed by atoms with Gasteiger partial charge in [0.1, 0.15) is 5.70 Å². The van der Waals surface area contributed by atoms with Crippen molar-refractivity contribution in [2.45, 2.75) is 30.8 Å².